The van der Waals surface area contributed by atoms with Crippen molar-refractivity contribution in [3.8, 4) is 5.75 Å². The minimum Gasteiger partial charge on any atom is -0.497 e. The number of benzene rings is 1. The van der Waals surface area contributed by atoms with Gasteiger partial charge in [-0.05, 0) is 56.8 Å². The van der Waals surface area contributed by atoms with Crippen LogP contribution in [0.25, 0.3) is 0 Å². The first-order valence-corrected chi connectivity index (χ1v) is 10.3. The van der Waals surface area contributed by atoms with E-state index in [2.05, 4.69) is 20.9 Å². The predicted octanol–water partition coefficient (Wildman–Crippen LogP) is 1.60. The van der Waals surface area contributed by atoms with Crippen molar-refractivity contribution >= 4 is 17.5 Å². The highest BCUT2D eigenvalue weighted by molar-refractivity contribution is 5.91. The van der Waals surface area contributed by atoms with Gasteiger partial charge in [0.1, 0.15) is 5.75 Å². The minimum atomic E-state index is -0.0139. The smallest absolute Gasteiger partial charge is 0.237 e. The highest BCUT2D eigenvalue weighted by atomic mass is 16.5. The van der Waals surface area contributed by atoms with Crippen LogP contribution >= 0.6 is 0 Å². The number of hydrogen-bond donors (Lipinski definition) is 3. The lowest BCUT2D eigenvalue weighted by Gasteiger charge is -2.32. The fourth-order valence-corrected chi connectivity index (χ4v) is 3.98. The molecule has 0 aliphatic carbocycles. The summed E-state index contributed by atoms with van der Waals surface area (Å²) in [7, 11) is 1.61. The van der Waals surface area contributed by atoms with Gasteiger partial charge in [-0.15, -0.1) is 0 Å². The number of amides is 2. The summed E-state index contributed by atoms with van der Waals surface area (Å²) in [6.45, 7) is 4.35. The van der Waals surface area contributed by atoms with Crippen molar-refractivity contribution < 1.29 is 14.3 Å². The van der Waals surface area contributed by atoms with E-state index >= 15 is 0 Å². The Morgan fingerprint density at radius 2 is 2.18 bits per heavy atom. The van der Waals surface area contributed by atoms with Gasteiger partial charge >= 0.3 is 0 Å². The monoisotopic (exact) mass is 388 g/mol. The second kappa shape index (κ2) is 10.4. The summed E-state index contributed by atoms with van der Waals surface area (Å²) in [6, 6.07) is 7.38. The van der Waals surface area contributed by atoms with E-state index in [9.17, 15) is 9.59 Å². The van der Waals surface area contributed by atoms with Crippen molar-refractivity contribution in [1.29, 1.82) is 0 Å². The Balaban J connectivity index is 1.37. The summed E-state index contributed by atoms with van der Waals surface area (Å²) < 4.78 is 5.18. The van der Waals surface area contributed by atoms with Crippen LogP contribution in [-0.2, 0) is 9.59 Å². The van der Waals surface area contributed by atoms with Crippen LogP contribution in [0.15, 0.2) is 24.3 Å². The van der Waals surface area contributed by atoms with Crippen LogP contribution in [0.2, 0.25) is 0 Å². The molecule has 2 atom stereocenters. The van der Waals surface area contributed by atoms with Crippen LogP contribution in [0.3, 0.4) is 0 Å². The van der Waals surface area contributed by atoms with Gasteiger partial charge in [0, 0.05) is 37.8 Å². The largest absolute Gasteiger partial charge is 0.497 e. The first-order chi connectivity index (χ1) is 13.6. The standard InChI is InChI=1S/C21H32N4O3/c1-28-18-7-2-6-17(13-18)24-20(26)9-12-25-11-4-5-16(15-25)14-23-21(27)19-8-3-10-22-19/h2,6-7,13,16,19,22H,3-5,8-12,14-15H2,1H3,(H,23,27)(H,24,26). The predicted molar refractivity (Wildman–Crippen MR) is 109 cm³/mol. The fourth-order valence-electron chi connectivity index (χ4n) is 3.98. The lowest BCUT2D eigenvalue weighted by Crippen LogP contribution is -2.45. The molecular formula is C21H32N4O3. The number of anilines is 1. The van der Waals surface area contributed by atoms with Gasteiger partial charge in [0.05, 0.1) is 13.2 Å². The lowest BCUT2D eigenvalue weighted by molar-refractivity contribution is -0.123. The molecule has 3 rings (SSSR count). The van der Waals surface area contributed by atoms with E-state index in [0.29, 0.717) is 12.3 Å². The Morgan fingerprint density at radius 3 is 2.96 bits per heavy atom. The van der Waals surface area contributed by atoms with Crippen LogP contribution < -0.4 is 20.7 Å². The molecule has 2 fully saturated rings. The molecule has 1 aromatic carbocycles. The van der Waals surface area contributed by atoms with E-state index in [1.165, 1.54) is 0 Å². The molecule has 1 aromatic rings. The van der Waals surface area contributed by atoms with Crippen LogP contribution in [-0.4, -0.2) is 62.6 Å². The summed E-state index contributed by atoms with van der Waals surface area (Å²) in [5.41, 5.74) is 0.754. The van der Waals surface area contributed by atoms with Crippen molar-refractivity contribution in [2.45, 2.75) is 38.1 Å². The van der Waals surface area contributed by atoms with Gasteiger partial charge in [0.25, 0.3) is 0 Å². The number of nitrogens with zero attached hydrogens (tertiary/aromatic N) is 1. The molecule has 2 unspecified atom stereocenters. The Bertz CT molecular complexity index is 661. The Labute approximate surface area is 167 Å². The van der Waals surface area contributed by atoms with Crippen molar-refractivity contribution in [3.05, 3.63) is 24.3 Å². The van der Waals surface area contributed by atoms with E-state index in [-0.39, 0.29) is 17.9 Å². The number of nitrogens with one attached hydrogen (secondary N) is 3. The third-order valence-corrected chi connectivity index (χ3v) is 5.55. The number of ether oxygens (including phenoxy) is 1. The average Bonchev–Trinajstić information content (AvgIpc) is 3.26. The summed E-state index contributed by atoms with van der Waals surface area (Å²) in [5, 5.41) is 9.27. The van der Waals surface area contributed by atoms with E-state index in [1.807, 2.05) is 24.3 Å². The third-order valence-electron chi connectivity index (χ3n) is 5.55. The zero-order valence-corrected chi connectivity index (χ0v) is 16.7. The zero-order chi connectivity index (χ0) is 19.8. The first kappa shape index (κ1) is 20.6. The number of methoxy groups -OCH3 is 1. The topological polar surface area (TPSA) is 82.7 Å². The Hall–Kier alpha value is -2.12. The number of rotatable bonds is 8. The Morgan fingerprint density at radius 1 is 1.29 bits per heavy atom. The molecule has 7 heteroatoms. The van der Waals surface area contributed by atoms with E-state index < -0.39 is 0 Å². The molecule has 2 amide bonds. The van der Waals surface area contributed by atoms with Crippen LogP contribution in [0.5, 0.6) is 5.75 Å². The quantitative estimate of drug-likeness (QED) is 0.630. The van der Waals surface area contributed by atoms with Crippen LogP contribution in [0, 0.1) is 5.92 Å². The third kappa shape index (κ3) is 6.21. The molecule has 2 saturated heterocycles. The van der Waals surface area contributed by atoms with E-state index in [1.54, 1.807) is 7.11 Å². The van der Waals surface area contributed by atoms with Gasteiger partial charge < -0.3 is 25.6 Å². The van der Waals surface area contributed by atoms with E-state index in [4.69, 9.17) is 4.74 Å². The molecule has 28 heavy (non-hydrogen) atoms. The number of likely N-dealkylation sites (tertiary alicyclic amines) is 1. The fraction of sp³-hybridized carbons (Fsp3) is 0.619. The average molecular weight is 389 g/mol. The van der Waals surface area contributed by atoms with Gasteiger partial charge in [0.15, 0.2) is 0 Å². The van der Waals surface area contributed by atoms with E-state index in [0.717, 1.165) is 69.8 Å². The number of piperidine rings is 1. The molecule has 2 heterocycles. The molecule has 2 aliphatic rings. The Kier molecular flexibility index (Phi) is 7.68. The maximum Gasteiger partial charge on any atom is 0.237 e. The summed E-state index contributed by atoms with van der Waals surface area (Å²) in [4.78, 5) is 26.7. The van der Waals surface area contributed by atoms with Gasteiger partial charge in [0.2, 0.25) is 11.8 Å². The van der Waals surface area contributed by atoms with Crippen LogP contribution in [0.1, 0.15) is 32.1 Å². The molecule has 7 nitrogen and oxygen atoms in total. The highest BCUT2D eigenvalue weighted by Crippen LogP contribution is 2.18. The lowest BCUT2D eigenvalue weighted by atomic mass is 9.97. The maximum absolute atomic E-state index is 12.3. The van der Waals surface area contributed by atoms with Crippen molar-refractivity contribution in [1.82, 2.24) is 15.5 Å². The van der Waals surface area contributed by atoms with Gasteiger partial charge in [-0.25, -0.2) is 0 Å². The maximum atomic E-state index is 12.3. The summed E-state index contributed by atoms with van der Waals surface area (Å²) in [5.74, 6) is 1.33. The second-order valence-corrected chi connectivity index (χ2v) is 7.73. The van der Waals surface area contributed by atoms with Crippen LogP contribution in [0.4, 0.5) is 5.69 Å². The molecule has 0 bridgehead atoms. The molecule has 0 spiro atoms. The van der Waals surface area contributed by atoms with Gasteiger partial charge in [-0.3, -0.25) is 9.59 Å². The number of carbonyl (C=O) groups is 2. The summed E-state index contributed by atoms with van der Waals surface area (Å²) >= 11 is 0. The molecule has 0 saturated carbocycles. The van der Waals surface area contributed by atoms with Gasteiger partial charge in [-0.2, -0.15) is 0 Å². The SMILES string of the molecule is COc1cccc(NC(=O)CCN2CCCC(CNC(=O)C3CCCN3)C2)c1. The van der Waals surface area contributed by atoms with Crippen molar-refractivity contribution in [2.24, 2.45) is 5.92 Å². The van der Waals surface area contributed by atoms with Gasteiger partial charge in [-0.1, -0.05) is 6.07 Å². The molecular weight excluding hydrogens is 356 g/mol. The molecule has 154 valence electrons. The highest BCUT2D eigenvalue weighted by Gasteiger charge is 2.24. The summed E-state index contributed by atoms with van der Waals surface area (Å²) in [6.07, 6.45) is 4.71. The number of hydrogen-bond acceptors (Lipinski definition) is 5. The van der Waals surface area contributed by atoms with Crippen molar-refractivity contribution in [2.75, 3.05) is 45.2 Å². The minimum absolute atomic E-state index is 0.0102. The molecule has 2 aliphatic heterocycles. The normalized spacial score (nSPS) is 22.6. The molecule has 0 radical (unpaired) electrons. The molecule has 0 aromatic heterocycles. The first-order valence-electron chi connectivity index (χ1n) is 10.3. The second-order valence-electron chi connectivity index (χ2n) is 7.73. The molecule has 3 N–H and O–H groups in total. The number of carbonyl (C=O) groups excluding carboxylic acids is 2. The zero-order valence-electron chi connectivity index (χ0n) is 16.7. The van der Waals surface area contributed by atoms with Crippen molar-refractivity contribution in [3.63, 3.8) is 0 Å².